The van der Waals surface area contributed by atoms with Crippen LogP contribution in [-0.4, -0.2) is 84.9 Å². The second-order valence-corrected chi connectivity index (χ2v) is 10.4. The number of nitrogens with one attached hydrogen (secondary N) is 2. The maximum Gasteiger partial charge on any atom is 0.321 e. The van der Waals surface area contributed by atoms with Crippen molar-refractivity contribution in [3.8, 4) is 5.75 Å². The van der Waals surface area contributed by atoms with Crippen LogP contribution in [0, 0.1) is 11.8 Å². The van der Waals surface area contributed by atoms with E-state index in [1.807, 2.05) is 37.3 Å². The number of hydrogen-bond donors (Lipinski definition) is 3. The van der Waals surface area contributed by atoms with Crippen LogP contribution in [0.5, 0.6) is 5.75 Å². The van der Waals surface area contributed by atoms with E-state index >= 15 is 0 Å². The molecular formula is C29H38N4O6. The number of amides is 4. The third-order valence-corrected chi connectivity index (χ3v) is 7.37. The Morgan fingerprint density at radius 1 is 1.10 bits per heavy atom. The fraction of sp³-hybridized carbons (Fsp3) is 0.483. The molecule has 0 unspecified atom stereocenters. The Balaban J connectivity index is 1.62. The number of hydrogen-bond acceptors (Lipinski definition) is 6. The summed E-state index contributed by atoms with van der Waals surface area (Å²) in [7, 11) is 1.69. The number of benzene rings is 2. The predicted octanol–water partition coefficient (Wildman–Crippen LogP) is 3.44. The van der Waals surface area contributed by atoms with Crippen molar-refractivity contribution in [1.29, 1.82) is 0 Å². The average molecular weight is 539 g/mol. The summed E-state index contributed by atoms with van der Waals surface area (Å²) >= 11 is 0. The van der Waals surface area contributed by atoms with Gasteiger partial charge >= 0.3 is 6.03 Å². The second kappa shape index (κ2) is 12.9. The van der Waals surface area contributed by atoms with Gasteiger partial charge in [0.25, 0.3) is 5.91 Å². The Hall–Kier alpha value is -3.63. The lowest BCUT2D eigenvalue weighted by Gasteiger charge is -2.38. The molecule has 210 valence electrons. The maximum atomic E-state index is 13.6. The van der Waals surface area contributed by atoms with Crippen LogP contribution in [0.3, 0.4) is 0 Å². The second-order valence-electron chi connectivity index (χ2n) is 10.4. The smallest absolute Gasteiger partial charge is 0.321 e. The van der Waals surface area contributed by atoms with Crippen LogP contribution >= 0.6 is 0 Å². The quantitative estimate of drug-likeness (QED) is 0.497. The van der Waals surface area contributed by atoms with Gasteiger partial charge in [-0.25, -0.2) is 4.79 Å². The number of para-hydroxylation sites is 2. The Bertz CT molecular complexity index is 1150. The number of urea groups is 1. The molecule has 4 rings (SSSR count). The van der Waals surface area contributed by atoms with E-state index in [1.54, 1.807) is 42.0 Å². The van der Waals surface area contributed by atoms with Crippen LogP contribution < -0.4 is 15.4 Å². The van der Waals surface area contributed by atoms with E-state index < -0.39 is 12.1 Å². The van der Waals surface area contributed by atoms with Gasteiger partial charge in [-0.2, -0.15) is 0 Å². The highest BCUT2D eigenvalue weighted by atomic mass is 16.5. The van der Waals surface area contributed by atoms with E-state index in [0.717, 1.165) is 0 Å². The zero-order valence-corrected chi connectivity index (χ0v) is 22.8. The Morgan fingerprint density at radius 2 is 1.82 bits per heavy atom. The van der Waals surface area contributed by atoms with Gasteiger partial charge in [0.1, 0.15) is 6.10 Å². The molecule has 2 aliphatic heterocycles. The molecule has 39 heavy (non-hydrogen) atoms. The van der Waals surface area contributed by atoms with Crippen molar-refractivity contribution in [2.24, 2.45) is 11.8 Å². The van der Waals surface area contributed by atoms with E-state index in [0.29, 0.717) is 49.5 Å². The molecule has 2 aliphatic rings. The first-order chi connectivity index (χ1) is 18.8. The van der Waals surface area contributed by atoms with Crippen molar-refractivity contribution in [2.75, 3.05) is 50.6 Å². The first kappa shape index (κ1) is 28.4. The first-order valence-corrected chi connectivity index (χ1v) is 13.5. The zero-order chi connectivity index (χ0) is 27.9. The number of rotatable bonds is 7. The number of anilines is 2. The summed E-state index contributed by atoms with van der Waals surface area (Å²) in [6.07, 6.45) is 0.755. The summed E-state index contributed by atoms with van der Waals surface area (Å²) in [5, 5.41) is 15.7. The zero-order valence-electron chi connectivity index (χ0n) is 22.8. The average Bonchev–Trinajstić information content (AvgIpc) is 2.95. The van der Waals surface area contributed by atoms with Gasteiger partial charge in [-0.3, -0.25) is 9.59 Å². The number of carbonyl (C=O) groups excluding carboxylic acids is 3. The Labute approximate surface area is 229 Å². The molecule has 1 saturated heterocycles. The molecule has 4 amide bonds. The number of ether oxygens (including phenoxy) is 2. The SMILES string of the molecule is C[C@H](CO)N1C[C@H](C)[C@H](CN(C)C(=O)Nc2ccccc2)Oc2c(NC(=O)C3CCOCC3)cccc2C1=O. The minimum Gasteiger partial charge on any atom is -0.485 e. The molecule has 0 saturated carbocycles. The summed E-state index contributed by atoms with van der Waals surface area (Å²) in [4.78, 5) is 42.8. The van der Waals surface area contributed by atoms with Crippen molar-refractivity contribution < 1.29 is 29.0 Å². The monoisotopic (exact) mass is 538 g/mol. The lowest BCUT2D eigenvalue weighted by molar-refractivity contribution is -0.122. The van der Waals surface area contributed by atoms with Gasteiger partial charge in [0.05, 0.1) is 30.4 Å². The molecule has 0 radical (unpaired) electrons. The van der Waals surface area contributed by atoms with E-state index in [1.165, 1.54) is 0 Å². The van der Waals surface area contributed by atoms with Crippen molar-refractivity contribution in [2.45, 2.75) is 38.8 Å². The number of fused-ring (bicyclic) bond motifs is 1. The van der Waals surface area contributed by atoms with Crippen molar-refractivity contribution in [3.63, 3.8) is 0 Å². The normalized spacial score (nSPS) is 20.6. The molecule has 1 fully saturated rings. The summed E-state index contributed by atoms with van der Waals surface area (Å²) in [6.45, 7) is 5.17. The number of likely N-dealkylation sites (N-methyl/N-ethyl adjacent to an activating group) is 1. The number of aliphatic hydroxyl groups excluding tert-OH is 1. The van der Waals surface area contributed by atoms with Crippen molar-refractivity contribution >= 4 is 29.2 Å². The standard InChI is InChI=1S/C29H38N4O6/c1-19-16-33(20(2)18-34)28(36)23-10-7-11-24(31-27(35)21-12-14-38-15-13-21)26(23)39-25(19)17-32(3)29(37)30-22-8-5-4-6-9-22/h4-11,19-21,25,34H,12-18H2,1-3H3,(H,30,37)(H,31,35)/t19-,20+,25-/m0/s1. The molecule has 2 aromatic rings. The van der Waals surface area contributed by atoms with Crippen LogP contribution in [0.15, 0.2) is 48.5 Å². The summed E-state index contributed by atoms with van der Waals surface area (Å²) in [5.41, 5.74) is 1.38. The van der Waals surface area contributed by atoms with E-state index in [4.69, 9.17) is 9.47 Å². The molecule has 2 heterocycles. The third-order valence-electron chi connectivity index (χ3n) is 7.37. The number of carbonyl (C=O) groups is 3. The molecule has 3 atom stereocenters. The van der Waals surface area contributed by atoms with Crippen molar-refractivity contribution in [1.82, 2.24) is 9.80 Å². The van der Waals surface area contributed by atoms with Gasteiger partial charge in [-0.15, -0.1) is 0 Å². The Morgan fingerprint density at radius 3 is 2.51 bits per heavy atom. The van der Waals surface area contributed by atoms with Gasteiger partial charge in [0.2, 0.25) is 5.91 Å². The summed E-state index contributed by atoms with van der Waals surface area (Å²) < 4.78 is 11.9. The topological polar surface area (TPSA) is 120 Å². The van der Waals surface area contributed by atoms with Gasteiger partial charge < -0.3 is 35.0 Å². The number of aliphatic hydroxyl groups is 1. The minimum absolute atomic E-state index is 0.144. The van der Waals surface area contributed by atoms with E-state index in [-0.39, 0.29) is 48.6 Å². The molecule has 2 aromatic carbocycles. The lowest BCUT2D eigenvalue weighted by atomic mass is 9.98. The first-order valence-electron chi connectivity index (χ1n) is 13.5. The minimum atomic E-state index is -0.502. The molecule has 0 spiro atoms. The summed E-state index contributed by atoms with van der Waals surface area (Å²) in [6, 6.07) is 13.6. The molecule has 0 bridgehead atoms. The highest BCUT2D eigenvalue weighted by Crippen LogP contribution is 2.35. The molecule has 10 nitrogen and oxygen atoms in total. The Kier molecular flexibility index (Phi) is 9.42. The highest BCUT2D eigenvalue weighted by Gasteiger charge is 2.35. The molecule has 10 heteroatoms. The van der Waals surface area contributed by atoms with Crippen LogP contribution in [0.4, 0.5) is 16.2 Å². The van der Waals surface area contributed by atoms with Crippen LogP contribution in [0.1, 0.15) is 37.0 Å². The van der Waals surface area contributed by atoms with Crippen molar-refractivity contribution in [3.05, 3.63) is 54.1 Å². The van der Waals surface area contributed by atoms with Crippen LogP contribution in [-0.2, 0) is 9.53 Å². The highest BCUT2D eigenvalue weighted by molar-refractivity contribution is 6.02. The van der Waals surface area contributed by atoms with Gasteiger partial charge in [0, 0.05) is 44.3 Å². The maximum absolute atomic E-state index is 13.6. The third kappa shape index (κ3) is 6.88. The van der Waals surface area contributed by atoms with Gasteiger partial charge in [0.15, 0.2) is 5.75 Å². The fourth-order valence-electron chi connectivity index (χ4n) is 4.85. The lowest BCUT2D eigenvalue weighted by Crippen LogP contribution is -2.50. The number of nitrogens with zero attached hydrogens (tertiary/aromatic N) is 2. The van der Waals surface area contributed by atoms with Crippen LogP contribution in [0.25, 0.3) is 0 Å². The fourth-order valence-corrected chi connectivity index (χ4v) is 4.85. The largest absolute Gasteiger partial charge is 0.485 e. The predicted molar refractivity (Wildman–Crippen MR) is 148 cm³/mol. The molecule has 3 N–H and O–H groups in total. The van der Waals surface area contributed by atoms with E-state index in [2.05, 4.69) is 10.6 Å². The molecule has 0 aromatic heterocycles. The van der Waals surface area contributed by atoms with Gasteiger partial charge in [-0.05, 0) is 44.0 Å². The van der Waals surface area contributed by atoms with Gasteiger partial charge in [-0.1, -0.05) is 31.2 Å². The van der Waals surface area contributed by atoms with Crippen LogP contribution in [0.2, 0.25) is 0 Å². The summed E-state index contributed by atoms with van der Waals surface area (Å²) in [5.74, 6) is -0.537. The van der Waals surface area contributed by atoms with E-state index in [9.17, 15) is 19.5 Å². The molecule has 0 aliphatic carbocycles. The molecular weight excluding hydrogens is 500 g/mol.